The van der Waals surface area contributed by atoms with Crippen molar-refractivity contribution in [1.82, 2.24) is 0 Å². The highest BCUT2D eigenvalue weighted by Gasteiger charge is 2.26. The number of carbonyl (C=O) groups is 1. The summed E-state index contributed by atoms with van der Waals surface area (Å²) < 4.78 is 11.1. The van der Waals surface area contributed by atoms with Gasteiger partial charge in [-0.15, -0.1) is 12.4 Å². The van der Waals surface area contributed by atoms with E-state index in [4.69, 9.17) is 15.2 Å². The summed E-state index contributed by atoms with van der Waals surface area (Å²) in [5, 5.41) is 2.96. The van der Waals surface area contributed by atoms with Gasteiger partial charge in [0.25, 0.3) is 0 Å². The van der Waals surface area contributed by atoms with E-state index in [-0.39, 0.29) is 30.3 Å². The third kappa shape index (κ3) is 3.60. The number of anilines is 1. The minimum absolute atomic E-state index is 0. The largest absolute Gasteiger partial charge is 0.486 e. The Labute approximate surface area is 130 Å². The number of nitrogens with one attached hydrogen (secondary N) is 1. The quantitative estimate of drug-likeness (QED) is 0.879. The van der Waals surface area contributed by atoms with E-state index in [0.29, 0.717) is 30.4 Å². The fraction of sp³-hybridized carbons (Fsp3) is 0.533. The first-order valence-corrected chi connectivity index (χ1v) is 7.19. The number of fused-ring (bicyclic) bond motifs is 1. The lowest BCUT2D eigenvalue weighted by molar-refractivity contribution is -0.120. The zero-order chi connectivity index (χ0) is 13.9. The fourth-order valence-electron chi connectivity index (χ4n) is 2.87. The predicted octanol–water partition coefficient (Wildman–Crippen LogP) is 2.34. The summed E-state index contributed by atoms with van der Waals surface area (Å²) in [4.78, 5) is 12.3. The van der Waals surface area contributed by atoms with Gasteiger partial charge in [-0.2, -0.15) is 0 Å². The summed E-state index contributed by atoms with van der Waals surface area (Å²) in [7, 11) is 0. The van der Waals surface area contributed by atoms with E-state index < -0.39 is 0 Å². The number of nitrogens with two attached hydrogens (primary N) is 1. The lowest BCUT2D eigenvalue weighted by atomic mass is 9.85. The third-order valence-corrected chi connectivity index (χ3v) is 3.91. The van der Waals surface area contributed by atoms with Crippen LogP contribution in [0.4, 0.5) is 5.69 Å². The van der Waals surface area contributed by atoms with Crippen molar-refractivity contribution in [1.29, 1.82) is 0 Å². The second kappa shape index (κ2) is 7.00. The first kappa shape index (κ1) is 15.9. The summed E-state index contributed by atoms with van der Waals surface area (Å²) in [5.41, 5.74) is 6.63. The van der Waals surface area contributed by atoms with Gasteiger partial charge in [0.05, 0.1) is 5.69 Å². The molecule has 1 heterocycles. The van der Waals surface area contributed by atoms with Crippen LogP contribution in [0.25, 0.3) is 0 Å². The molecule has 0 saturated heterocycles. The minimum Gasteiger partial charge on any atom is -0.486 e. The van der Waals surface area contributed by atoms with Gasteiger partial charge in [0, 0.05) is 12.0 Å². The Morgan fingerprint density at radius 1 is 1.24 bits per heavy atom. The van der Waals surface area contributed by atoms with Gasteiger partial charge >= 0.3 is 0 Å². The molecule has 21 heavy (non-hydrogen) atoms. The third-order valence-electron chi connectivity index (χ3n) is 3.91. The molecule has 2 unspecified atom stereocenters. The molecular formula is C15H21ClN2O3. The van der Waals surface area contributed by atoms with E-state index in [9.17, 15) is 4.79 Å². The molecule has 1 amide bonds. The zero-order valence-electron chi connectivity index (χ0n) is 11.8. The van der Waals surface area contributed by atoms with Crippen LogP contribution in [0.5, 0.6) is 11.5 Å². The number of amides is 1. The molecule has 1 aromatic rings. The molecule has 3 rings (SSSR count). The van der Waals surface area contributed by atoms with Crippen molar-refractivity contribution in [3.05, 3.63) is 18.2 Å². The zero-order valence-corrected chi connectivity index (χ0v) is 12.7. The molecule has 5 nitrogen and oxygen atoms in total. The van der Waals surface area contributed by atoms with Crippen LogP contribution in [0, 0.1) is 5.92 Å². The summed E-state index contributed by atoms with van der Waals surface area (Å²) in [5.74, 6) is 1.35. The Kier molecular flexibility index (Phi) is 5.31. The van der Waals surface area contributed by atoms with Crippen molar-refractivity contribution < 1.29 is 14.3 Å². The summed E-state index contributed by atoms with van der Waals surface area (Å²) in [6, 6.07) is 5.69. The number of carbonyl (C=O) groups excluding carboxylic acids is 1. The molecule has 3 N–H and O–H groups in total. The summed E-state index contributed by atoms with van der Waals surface area (Å²) in [6.45, 7) is 1.05. The molecule has 6 heteroatoms. The first-order valence-electron chi connectivity index (χ1n) is 7.19. The molecule has 0 bridgehead atoms. The van der Waals surface area contributed by atoms with E-state index in [0.717, 1.165) is 25.7 Å². The van der Waals surface area contributed by atoms with Crippen LogP contribution in [0.2, 0.25) is 0 Å². The van der Waals surface area contributed by atoms with Gasteiger partial charge in [0.2, 0.25) is 5.91 Å². The molecule has 116 valence electrons. The van der Waals surface area contributed by atoms with Gasteiger partial charge in [-0.25, -0.2) is 0 Å². The van der Waals surface area contributed by atoms with Gasteiger partial charge < -0.3 is 20.5 Å². The van der Waals surface area contributed by atoms with Crippen molar-refractivity contribution in [2.24, 2.45) is 11.7 Å². The number of benzene rings is 1. The Morgan fingerprint density at radius 3 is 2.86 bits per heavy atom. The van der Waals surface area contributed by atoms with Gasteiger partial charge in [0.1, 0.15) is 13.2 Å². The summed E-state index contributed by atoms with van der Waals surface area (Å²) >= 11 is 0. The Morgan fingerprint density at radius 2 is 2.05 bits per heavy atom. The maximum absolute atomic E-state index is 12.3. The average Bonchev–Trinajstić information content (AvgIpc) is 2.47. The van der Waals surface area contributed by atoms with Crippen LogP contribution in [0.15, 0.2) is 18.2 Å². The van der Waals surface area contributed by atoms with Crippen LogP contribution >= 0.6 is 12.4 Å². The van der Waals surface area contributed by atoms with Crippen molar-refractivity contribution in [3.63, 3.8) is 0 Å². The van der Waals surface area contributed by atoms with E-state index in [1.165, 1.54) is 0 Å². The normalized spacial score (nSPS) is 23.9. The smallest absolute Gasteiger partial charge is 0.227 e. The highest BCUT2D eigenvalue weighted by atomic mass is 35.5. The Hall–Kier alpha value is -1.46. The first-order chi connectivity index (χ1) is 9.74. The molecule has 0 spiro atoms. The predicted molar refractivity (Wildman–Crippen MR) is 83.2 cm³/mol. The standard InChI is InChI=1S/C15H20N2O3.ClH/c16-11-4-1-3-10(9-11)15(18)17-12-5-2-6-13-14(12)20-8-7-19-13;/h2,5-6,10-11H,1,3-4,7-9,16H2,(H,17,18);1H. The number of hydrogen-bond acceptors (Lipinski definition) is 4. The molecule has 1 fully saturated rings. The van der Waals surface area contributed by atoms with E-state index in [1.54, 1.807) is 0 Å². The van der Waals surface area contributed by atoms with Crippen molar-refractivity contribution in [3.8, 4) is 11.5 Å². The molecule has 1 aliphatic carbocycles. The SMILES string of the molecule is Cl.NC1CCCC(C(=O)Nc2cccc3c2OCCO3)C1. The molecule has 0 aromatic heterocycles. The van der Waals surface area contributed by atoms with Gasteiger partial charge in [-0.1, -0.05) is 12.5 Å². The van der Waals surface area contributed by atoms with Crippen LogP contribution < -0.4 is 20.5 Å². The van der Waals surface area contributed by atoms with E-state index in [2.05, 4.69) is 5.32 Å². The van der Waals surface area contributed by atoms with Crippen molar-refractivity contribution in [2.45, 2.75) is 31.7 Å². The molecule has 2 atom stereocenters. The van der Waals surface area contributed by atoms with Crippen LogP contribution in [0.3, 0.4) is 0 Å². The van der Waals surface area contributed by atoms with Gasteiger partial charge in [0.15, 0.2) is 11.5 Å². The minimum atomic E-state index is -0.000819. The summed E-state index contributed by atoms with van der Waals surface area (Å²) in [6.07, 6.45) is 3.71. The van der Waals surface area contributed by atoms with Crippen LogP contribution in [-0.4, -0.2) is 25.2 Å². The highest BCUT2D eigenvalue weighted by molar-refractivity contribution is 5.94. The number of rotatable bonds is 2. The fourth-order valence-corrected chi connectivity index (χ4v) is 2.87. The molecule has 2 aliphatic rings. The van der Waals surface area contributed by atoms with E-state index in [1.807, 2.05) is 18.2 Å². The molecule has 1 aliphatic heterocycles. The molecular weight excluding hydrogens is 292 g/mol. The second-order valence-electron chi connectivity index (χ2n) is 5.44. The average molecular weight is 313 g/mol. The highest BCUT2D eigenvalue weighted by Crippen LogP contribution is 2.37. The van der Waals surface area contributed by atoms with Crippen LogP contribution in [0.1, 0.15) is 25.7 Å². The topological polar surface area (TPSA) is 73.6 Å². The number of halogens is 1. The van der Waals surface area contributed by atoms with Crippen molar-refractivity contribution >= 4 is 24.0 Å². The Bertz CT molecular complexity index is 510. The molecule has 1 aromatic carbocycles. The maximum atomic E-state index is 12.3. The van der Waals surface area contributed by atoms with Crippen LogP contribution in [-0.2, 0) is 4.79 Å². The van der Waals surface area contributed by atoms with Gasteiger partial charge in [-0.3, -0.25) is 4.79 Å². The lowest BCUT2D eigenvalue weighted by Crippen LogP contribution is -2.34. The number of ether oxygens (including phenoxy) is 2. The van der Waals surface area contributed by atoms with Crippen molar-refractivity contribution in [2.75, 3.05) is 18.5 Å². The number of hydrogen-bond donors (Lipinski definition) is 2. The molecule has 0 radical (unpaired) electrons. The number of para-hydroxylation sites is 1. The lowest BCUT2D eigenvalue weighted by Gasteiger charge is -2.26. The van der Waals surface area contributed by atoms with Gasteiger partial charge in [-0.05, 0) is 31.4 Å². The monoisotopic (exact) mass is 312 g/mol. The molecule has 1 saturated carbocycles. The second-order valence-corrected chi connectivity index (χ2v) is 5.44. The maximum Gasteiger partial charge on any atom is 0.227 e. The van der Waals surface area contributed by atoms with E-state index >= 15 is 0 Å². The Balaban J connectivity index is 0.00000161.